The van der Waals surface area contributed by atoms with Gasteiger partial charge in [0.1, 0.15) is 0 Å². The first kappa shape index (κ1) is 13.5. The minimum Gasteiger partial charge on any atom is -0.353 e. The number of nitrogens with one attached hydrogen (secondary N) is 1. The van der Waals surface area contributed by atoms with Gasteiger partial charge in [0.05, 0.1) is 0 Å². The van der Waals surface area contributed by atoms with Crippen molar-refractivity contribution in [1.29, 1.82) is 0 Å². The van der Waals surface area contributed by atoms with Crippen molar-refractivity contribution in [2.75, 3.05) is 0 Å². The molecule has 1 N–H and O–H groups in total. The molecule has 0 bridgehead atoms. The second-order valence-electron chi connectivity index (χ2n) is 6.68. The summed E-state index contributed by atoms with van der Waals surface area (Å²) in [5.41, 5.74) is 0.0909. The van der Waals surface area contributed by atoms with Crippen LogP contribution in [0, 0.1) is 17.3 Å². The molecule has 1 aliphatic rings. The third kappa shape index (κ3) is 4.15. The number of hydrogen-bond acceptors (Lipinski definition) is 1. The first-order chi connectivity index (χ1) is 7.29. The summed E-state index contributed by atoms with van der Waals surface area (Å²) in [4.78, 5) is 11.9. The Balaban J connectivity index is 2.44. The summed E-state index contributed by atoms with van der Waals surface area (Å²) in [5, 5.41) is 3.22. The molecule has 2 heteroatoms. The van der Waals surface area contributed by atoms with Gasteiger partial charge in [-0.3, -0.25) is 4.79 Å². The lowest BCUT2D eigenvalue weighted by molar-refractivity contribution is -0.124. The molecule has 0 aromatic carbocycles. The molecule has 94 valence electrons. The van der Waals surface area contributed by atoms with Crippen LogP contribution in [0.1, 0.15) is 60.3 Å². The van der Waals surface area contributed by atoms with Gasteiger partial charge in [-0.05, 0) is 23.7 Å². The second kappa shape index (κ2) is 5.20. The highest BCUT2D eigenvalue weighted by molar-refractivity contribution is 5.76. The molecular weight excluding hydrogens is 198 g/mol. The van der Waals surface area contributed by atoms with E-state index < -0.39 is 0 Å². The van der Waals surface area contributed by atoms with Gasteiger partial charge in [-0.15, -0.1) is 0 Å². The Labute approximate surface area is 100 Å². The molecule has 1 rings (SSSR count). The Bertz CT molecular complexity index is 242. The molecule has 0 heterocycles. The molecular formula is C14H27NO. The van der Waals surface area contributed by atoms with Crippen LogP contribution in [0.5, 0.6) is 0 Å². The maximum atomic E-state index is 11.9. The number of hydrogen-bond donors (Lipinski definition) is 1. The van der Waals surface area contributed by atoms with Crippen molar-refractivity contribution in [2.24, 2.45) is 17.3 Å². The van der Waals surface area contributed by atoms with E-state index in [0.717, 1.165) is 12.3 Å². The van der Waals surface area contributed by atoms with Crippen LogP contribution >= 0.6 is 0 Å². The Kier molecular flexibility index (Phi) is 4.40. The first-order valence-corrected chi connectivity index (χ1v) is 6.59. The molecule has 2 nitrogen and oxygen atoms in total. The third-order valence-electron chi connectivity index (χ3n) is 3.74. The number of carbonyl (C=O) groups is 1. The highest BCUT2D eigenvalue weighted by atomic mass is 16.1. The van der Waals surface area contributed by atoms with E-state index in [4.69, 9.17) is 0 Å². The van der Waals surface area contributed by atoms with Crippen LogP contribution in [-0.2, 0) is 4.79 Å². The Morgan fingerprint density at radius 2 is 1.88 bits per heavy atom. The van der Waals surface area contributed by atoms with Crippen LogP contribution in [-0.4, -0.2) is 11.9 Å². The van der Waals surface area contributed by atoms with E-state index in [1.807, 2.05) is 0 Å². The summed E-state index contributed by atoms with van der Waals surface area (Å²) in [5.74, 6) is 1.59. The SMILES string of the molecule is CC1CCCC(NC(=O)CC(C)(C)C)C1C. The molecule has 0 aromatic heterocycles. The highest BCUT2D eigenvalue weighted by Crippen LogP contribution is 2.29. The quantitative estimate of drug-likeness (QED) is 0.767. The average Bonchev–Trinajstić information content (AvgIpc) is 2.09. The van der Waals surface area contributed by atoms with Crippen LogP contribution in [0.25, 0.3) is 0 Å². The van der Waals surface area contributed by atoms with Crippen LogP contribution in [0.15, 0.2) is 0 Å². The largest absolute Gasteiger partial charge is 0.353 e. The predicted molar refractivity (Wildman–Crippen MR) is 68.2 cm³/mol. The van der Waals surface area contributed by atoms with Crippen molar-refractivity contribution < 1.29 is 4.79 Å². The summed E-state index contributed by atoms with van der Waals surface area (Å²) < 4.78 is 0. The molecule has 1 aliphatic carbocycles. The van der Waals surface area contributed by atoms with Crippen molar-refractivity contribution in [2.45, 2.75) is 66.3 Å². The molecule has 0 aliphatic heterocycles. The molecule has 0 saturated heterocycles. The van der Waals surface area contributed by atoms with Gasteiger partial charge >= 0.3 is 0 Å². The molecule has 1 fully saturated rings. The second-order valence-corrected chi connectivity index (χ2v) is 6.68. The van der Waals surface area contributed by atoms with Gasteiger partial charge < -0.3 is 5.32 Å². The first-order valence-electron chi connectivity index (χ1n) is 6.59. The molecule has 16 heavy (non-hydrogen) atoms. The van der Waals surface area contributed by atoms with Gasteiger partial charge in [-0.1, -0.05) is 47.5 Å². The average molecular weight is 225 g/mol. The Hall–Kier alpha value is -0.530. The lowest BCUT2D eigenvalue weighted by Gasteiger charge is -2.35. The lowest BCUT2D eigenvalue weighted by Crippen LogP contribution is -2.44. The third-order valence-corrected chi connectivity index (χ3v) is 3.74. The van der Waals surface area contributed by atoms with Gasteiger partial charge in [0.25, 0.3) is 0 Å². The van der Waals surface area contributed by atoms with Crippen molar-refractivity contribution in [3.05, 3.63) is 0 Å². The monoisotopic (exact) mass is 225 g/mol. The number of amides is 1. The molecule has 1 saturated carbocycles. The normalized spacial score (nSPS) is 31.2. The zero-order valence-corrected chi connectivity index (χ0v) is 11.5. The fourth-order valence-electron chi connectivity index (χ4n) is 2.53. The van der Waals surface area contributed by atoms with E-state index in [1.54, 1.807) is 0 Å². The fraction of sp³-hybridized carbons (Fsp3) is 0.929. The van der Waals surface area contributed by atoms with Crippen molar-refractivity contribution in [1.82, 2.24) is 5.32 Å². The summed E-state index contributed by atoms with van der Waals surface area (Å²) in [6, 6.07) is 0.401. The summed E-state index contributed by atoms with van der Waals surface area (Å²) in [6.45, 7) is 10.9. The molecule has 0 radical (unpaired) electrons. The van der Waals surface area contributed by atoms with Crippen LogP contribution < -0.4 is 5.32 Å². The van der Waals surface area contributed by atoms with E-state index in [9.17, 15) is 4.79 Å². The summed E-state index contributed by atoms with van der Waals surface area (Å²) >= 11 is 0. The summed E-state index contributed by atoms with van der Waals surface area (Å²) in [7, 11) is 0. The van der Waals surface area contributed by atoms with Gasteiger partial charge in [0, 0.05) is 12.5 Å². The van der Waals surface area contributed by atoms with Gasteiger partial charge in [-0.2, -0.15) is 0 Å². The Morgan fingerprint density at radius 3 is 2.44 bits per heavy atom. The van der Waals surface area contributed by atoms with Gasteiger partial charge in [-0.25, -0.2) is 0 Å². The van der Waals surface area contributed by atoms with Crippen LogP contribution in [0.2, 0.25) is 0 Å². The van der Waals surface area contributed by atoms with E-state index in [0.29, 0.717) is 18.4 Å². The minimum atomic E-state index is 0.0909. The maximum absolute atomic E-state index is 11.9. The van der Waals surface area contributed by atoms with Gasteiger partial charge in [0.15, 0.2) is 0 Å². The van der Waals surface area contributed by atoms with E-state index >= 15 is 0 Å². The number of rotatable bonds is 2. The van der Waals surface area contributed by atoms with E-state index in [-0.39, 0.29) is 11.3 Å². The standard InChI is InChI=1S/C14H27NO/c1-10-7-6-8-12(11(10)2)15-13(16)9-14(3,4)5/h10-12H,6-9H2,1-5H3,(H,15,16). The van der Waals surface area contributed by atoms with Crippen LogP contribution in [0.4, 0.5) is 0 Å². The molecule has 3 atom stereocenters. The summed E-state index contributed by atoms with van der Waals surface area (Å²) in [6.07, 6.45) is 4.35. The highest BCUT2D eigenvalue weighted by Gasteiger charge is 2.28. The van der Waals surface area contributed by atoms with Crippen molar-refractivity contribution in [3.8, 4) is 0 Å². The Morgan fingerprint density at radius 1 is 1.25 bits per heavy atom. The minimum absolute atomic E-state index is 0.0909. The molecule has 1 amide bonds. The molecule has 3 unspecified atom stereocenters. The van der Waals surface area contributed by atoms with E-state index in [2.05, 4.69) is 39.9 Å². The zero-order chi connectivity index (χ0) is 12.3. The van der Waals surface area contributed by atoms with Crippen molar-refractivity contribution >= 4 is 5.91 Å². The van der Waals surface area contributed by atoms with Crippen molar-refractivity contribution in [3.63, 3.8) is 0 Å². The lowest BCUT2D eigenvalue weighted by atomic mass is 9.78. The maximum Gasteiger partial charge on any atom is 0.220 e. The topological polar surface area (TPSA) is 29.1 Å². The van der Waals surface area contributed by atoms with Crippen LogP contribution in [0.3, 0.4) is 0 Å². The number of carbonyl (C=O) groups excluding carboxylic acids is 1. The fourth-order valence-corrected chi connectivity index (χ4v) is 2.53. The molecule has 0 spiro atoms. The van der Waals surface area contributed by atoms with E-state index in [1.165, 1.54) is 12.8 Å². The molecule has 0 aromatic rings. The van der Waals surface area contributed by atoms with Gasteiger partial charge in [0.2, 0.25) is 5.91 Å². The zero-order valence-electron chi connectivity index (χ0n) is 11.5. The predicted octanol–water partition coefficient (Wildman–Crippen LogP) is 3.36. The smallest absolute Gasteiger partial charge is 0.220 e.